The summed E-state index contributed by atoms with van der Waals surface area (Å²) >= 11 is 1.87. The van der Waals surface area contributed by atoms with Crippen LogP contribution in [0.3, 0.4) is 0 Å². The molecule has 0 aliphatic carbocycles. The predicted octanol–water partition coefficient (Wildman–Crippen LogP) is 2.68. The van der Waals surface area contributed by atoms with Crippen LogP contribution in [0.1, 0.15) is 38.9 Å². The average molecular weight is 241 g/mol. The summed E-state index contributed by atoms with van der Waals surface area (Å²) in [5.41, 5.74) is 7.35. The predicted molar refractivity (Wildman–Crippen MR) is 71.6 cm³/mol. The summed E-state index contributed by atoms with van der Waals surface area (Å²) in [6.07, 6.45) is 6.94. The van der Waals surface area contributed by atoms with Crippen LogP contribution in [-0.4, -0.2) is 21.1 Å². The van der Waals surface area contributed by atoms with Gasteiger partial charge in [-0.25, -0.2) is 4.98 Å². The van der Waals surface area contributed by atoms with Gasteiger partial charge < -0.3 is 10.3 Å². The monoisotopic (exact) mass is 241 g/mol. The van der Waals surface area contributed by atoms with Crippen molar-refractivity contribution < 1.29 is 0 Å². The van der Waals surface area contributed by atoms with Crippen molar-refractivity contribution in [2.24, 2.45) is 11.7 Å². The maximum atomic E-state index is 6.19. The smallest absolute Gasteiger partial charge is 0.0949 e. The second-order valence-electron chi connectivity index (χ2n) is 4.75. The fourth-order valence-electron chi connectivity index (χ4n) is 1.77. The quantitative estimate of drug-likeness (QED) is 0.832. The molecule has 0 aliphatic heterocycles. The summed E-state index contributed by atoms with van der Waals surface area (Å²) in [7, 11) is 0. The number of aromatic nitrogens is 2. The van der Waals surface area contributed by atoms with Gasteiger partial charge in [0.15, 0.2) is 0 Å². The molecule has 0 amide bonds. The van der Waals surface area contributed by atoms with Gasteiger partial charge in [0, 0.05) is 24.0 Å². The van der Waals surface area contributed by atoms with Crippen molar-refractivity contribution in [1.82, 2.24) is 9.55 Å². The number of hydrogen-bond acceptors (Lipinski definition) is 3. The van der Waals surface area contributed by atoms with E-state index in [1.807, 2.05) is 24.3 Å². The lowest BCUT2D eigenvalue weighted by molar-refractivity contribution is 0.483. The van der Waals surface area contributed by atoms with E-state index in [2.05, 4.69) is 36.6 Å². The highest BCUT2D eigenvalue weighted by Crippen LogP contribution is 2.19. The van der Waals surface area contributed by atoms with Crippen molar-refractivity contribution in [2.75, 3.05) is 6.26 Å². The van der Waals surface area contributed by atoms with Crippen LogP contribution in [0.25, 0.3) is 0 Å². The Morgan fingerprint density at radius 1 is 1.44 bits per heavy atom. The minimum Gasteiger partial charge on any atom is -0.332 e. The van der Waals surface area contributed by atoms with Crippen molar-refractivity contribution in [2.45, 2.75) is 45.0 Å². The van der Waals surface area contributed by atoms with Crippen LogP contribution in [0.15, 0.2) is 12.5 Å². The first kappa shape index (κ1) is 13.6. The molecule has 0 radical (unpaired) electrons. The van der Waals surface area contributed by atoms with E-state index in [1.54, 1.807) is 0 Å². The van der Waals surface area contributed by atoms with Crippen molar-refractivity contribution in [3.8, 4) is 0 Å². The third-order valence-electron chi connectivity index (χ3n) is 2.71. The fourth-order valence-corrected chi connectivity index (χ4v) is 2.08. The molecule has 0 bridgehead atoms. The maximum absolute atomic E-state index is 6.19. The van der Waals surface area contributed by atoms with Crippen LogP contribution in [-0.2, 0) is 6.54 Å². The molecule has 1 rings (SSSR count). The van der Waals surface area contributed by atoms with Crippen LogP contribution >= 0.6 is 11.8 Å². The van der Waals surface area contributed by atoms with Gasteiger partial charge >= 0.3 is 0 Å². The number of hydrogen-bond donors (Lipinski definition) is 1. The van der Waals surface area contributed by atoms with Crippen molar-refractivity contribution in [3.63, 3.8) is 0 Å². The molecule has 0 aromatic carbocycles. The Labute approximate surface area is 103 Å². The van der Waals surface area contributed by atoms with Gasteiger partial charge in [-0.05, 0) is 18.6 Å². The Hall–Kier alpha value is -0.480. The second kappa shape index (κ2) is 6.30. The molecule has 1 aromatic rings. The minimum absolute atomic E-state index is 0.108. The lowest BCUT2D eigenvalue weighted by atomic mass is 10.0. The number of imidazole rings is 1. The molecule has 0 saturated carbocycles. The molecular weight excluding hydrogens is 218 g/mol. The van der Waals surface area contributed by atoms with Crippen LogP contribution in [0.4, 0.5) is 0 Å². The van der Waals surface area contributed by atoms with E-state index in [4.69, 9.17) is 5.73 Å². The lowest BCUT2D eigenvalue weighted by Crippen LogP contribution is -2.19. The van der Waals surface area contributed by atoms with E-state index in [-0.39, 0.29) is 6.04 Å². The van der Waals surface area contributed by atoms with Gasteiger partial charge in [0.1, 0.15) is 0 Å². The van der Waals surface area contributed by atoms with Gasteiger partial charge in [-0.2, -0.15) is 11.8 Å². The zero-order chi connectivity index (χ0) is 12.1. The second-order valence-corrected chi connectivity index (χ2v) is 6.03. The lowest BCUT2D eigenvalue weighted by Gasteiger charge is -2.18. The molecule has 92 valence electrons. The van der Waals surface area contributed by atoms with E-state index < -0.39 is 0 Å². The molecule has 1 aromatic heterocycles. The maximum Gasteiger partial charge on any atom is 0.0949 e. The molecule has 1 heterocycles. The Morgan fingerprint density at radius 3 is 2.69 bits per heavy atom. The van der Waals surface area contributed by atoms with Crippen molar-refractivity contribution >= 4 is 11.8 Å². The van der Waals surface area contributed by atoms with Crippen molar-refractivity contribution in [3.05, 3.63) is 18.2 Å². The number of rotatable bonds is 6. The zero-order valence-corrected chi connectivity index (χ0v) is 11.5. The molecule has 16 heavy (non-hydrogen) atoms. The normalized spacial score (nSPS) is 15.4. The third kappa shape index (κ3) is 3.83. The minimum atomic E-state index is 0.108. The molecule has 0 saturated heterocycles. The Balaban J connectivity index is 2.69. The van der Waals surface area contributed by atoms with Crippen molar-refractivity contribution in [1.29, 1.82) is 0 Å². The van der Waals surface area contributed by atoms with Crippen LogP contribution in [0, 0.1) is 5.92 Å². The van der Waals surface area contributed by atoms with Gasteiger partial charge in [-0.15, -0.1) is 0 Å². The third-order valence-corrected chi connectivity index (χ3v) is 3.66. The van der Waals surface area contributed by atoms with Gasteiger partial charge in [0.2, 0.25) is 0 Å². The highest BCUT2D eigenvalue weighted by atomic mass is 32.2. The summed E-state index contributed by atoms with van der Waals surface area (Å²) in [4.78, 5) is 4.21. The SMILES string of the molecule is CSC(C)Cn1cncc1C(N)CC(C)C. The molecule has 0 aliphatic rings. The first-order valence-corrected chi connectivity index (χ1v) is 7.11. The summed E-state index contributed by atoms with van der Waals surface area (Å²) in [5, 5.41) is 0.596. The molecule has 0 fully saturated rings. The molecule has 2 unspecified atom stereocenters. The van der Waals surface area contributed by atoms with E-state index in [9.17, 15) is 0 Å². The Morgan fingerprint density at radius 2 is 2.12 bits per heavy atom. The van der Waals surface area contributed by atoms with Crippen LogP contribution < -0.4 is 5.73 Å². The first-order valence-electron chi connectivity index (χ1n) is 5.83. The number of nitrogens with two attached hydrogens (primary N) is 1. The fraction of sp³-hybridized carbons (Fsp3) is 0.750. The summed E-state index contributed by atoms with van der Waals surface area (Å²) in [6, 6.07) is 0.108. The standard InChI is InChI=1S/C12H23N3S/c1-9(2)5-11(13)12-6-14-8-15(12)7-10(3)16-4/h6,8-11H,5,7,13H2,1-4H3. The molecular formula is C12H23N3S. The summed E-state index contributed by atoms with van der Waals surface area (Å²) < 4.78 is 2.19. The largest absolute Gasteiger partial charge is 0.332 e. The van der Waals surface area contributed by atoms with Gasteiger partial charge in [-0.1, -0.05) is 20.8 Å². The molecule has 2 atom stereocenters. The molecule has 0 spiro atoms. The average Bonchev–Trinajstić information content (AvgIpc) is 2.64. The molecule has 4 heteroatoms. The number of nitrogens with zero attached hydrogens (tertiary/aromatic N) is 2. The highest BCUT2D eigenvalue weighted by Gasteiger charge is 2.14. The first-order chi connectivity index (χ1) is 7.54. The van der Waals surface area contributed by atoms with Crippen LogP contribution in [0.2, 0.25) is 0 Å². The van der Waals surface area contributed by atoms with Gasteiger partial charge in [-0.3, -0.25) is 0 Å². The van der Waals surface area contributed by atoms with Gasteiger partial charge in [0.05, 0.1) is 12.0 Å². The zero-order valence-electron chi connectivity index (χ0n) is 10.7. The summed E-state index contributed by atoms with van der Waals surface area (Å²) in [5.74, 6) is 0.622. The summed E-state index contributed by atoms with van der Waals surface area (Å²) in [6.45, 7) is 7.61. The van der Waals surface area contributed by atoms with E-state index in [0.29, 0.717) is 11.2 Å². The highest BCUT2D eigenvalue weighted by molar-refractivity contribution is 7.99. The molecule has 2 N–H and O–H groups in total. The molecule has 3 nitrogen and oxygen atoms in total. The van der Waals surface area contributed by atoms with E-state index in [1.165, 1.54) is 0 Å². The van der Waals surface area contributed by atoms with Gasteiger partial charge in [0.25, 0.3) is 0 Å². The Kier molecular flexibility index (Phi) is 5.35. The van der Waals surface area contributed by atoms with Crippen LogP contribution in [0.5, 0.6) is 0 Å². The van der Waals surface area contributed by atoms with E-state index >= 15 is 0 Å². The topological polar surface area (TPSA) is 43.8 Å². The van der Waals surface area contributed by atoms with E-state index in [0.717, 1.165) is 18.7 Å². The Bertz CT molecular complexity index is 309. The number of thioether (sulfide) groups is 1.